The van der Waals surface area contributed by atoms with E-state index in [1.807, 2.05) is 18.3 Å². The van der Waals surface area contributed by atoms with Crippen molar-refractivity contribution in [1.29, 1.82) is 0 Å². The van der Waals surface area contributed by atoms with E-state index >= 15 is 0 Å². The number of ether oxygens (including phenoxy) is 1. The van der Waals surface area contributed by atoms with Gasteiger partial charge in [-0.05, 0) is 17.7 Å². The van der Waals surface area contributed by atoms with Crippen LogP contribution in [0.2, 0.25) is 0 Å². The summed E-state index contributed by atoms with van der Waals surface area (Å²) in [5.41, 5.74) is 1.10. The fraction of sp³-hybridized carbons (Fsp3) is 0.357. The summed E-state index contributed by atoms with van der Waals surface area (Å²) in [6.45, 7) is 2.37. The van der Waals surface area contributed by atoms with Crippen LogP contribution >= 0.6 is 0 Å². The largest absolute Gasteiger partial charge is 0.378 e. The second-order valence-corrected chi connectivity index (χ2v) is 4.82. The van der Waals surface area contributed by atoms with Gasteiger partial charge in [-0.1, -0.05) is 0 Å². The molecule has 3 heterocycles. The number of amides is 1. The van der Waals surface area contributed by atoms with Gasteiger partial charge in [0.2, 0.25) is 5.91 Å². The number of carbonyl (C=O) groups is 1. The van der Waals surface area contributed by atoms with Gasteiger partial charge in [-0.3, -0.25) is 14.5 Å². The molecule has 7 heteroatoms. The van der Waals surface area contributed by atoms with Gasteiger partial charge in [-0.15, -0.1) is 0 Å². The molecule has 7 nitrogen and oxygen atoms in total. The third-order valence-corrected chi connectivity index (χ3v) is 3.22. The van der Waals surface area contributed by atoms with E-state index in [0.717, 1.165) is 5.56 Å². The molecule has 1 aliphatic heterocycles. The second kappa shape index (κ2) is 6.47. The van der Waals surface area contributed by atoms with Crippen LogP contribution in [0.4, 0.5) is 5.82 Å². The van der Waals surface area contributed by atoms with Crippen molar-refractivity contribution in [2.75, 3.05) is 25.1 Å². The van der Waals surface area contributed by atoms with Crippen LogP contribution < -0.4 is 10.6 Å². The predicted molar refractivity (Wildman–Crippen MR) is 76.8 cm³/mol. The lowest BCUT2D eigenvalue weighted by Crippen LogP contribution is -2.48. The fourth-order valence-corrected chi connectivity index (χ4v) is 2.14. The van der Waals surface area contributed by atoms with Crippen LogP contribution in [0, 0.1) is 0 Å². The Bertz CT molecular complexity index is 592. The van der Waals surface area contributed by atoms with E-state index < -0.39 is 0 Å². The molecular weight excluding hydrogens is 270 g/mol. The molecule has 2 N–H and O–H groups in total. The Labute approximate surface area is 122 Å². The molecular formula is C14H17N5O2. The number of aromatic nitrogens is 3. The van der Waals surface area contributed by atoms with Crippen LogP contribution in [-0.2, 0) is 16.1 Å². The number of hydrogen-bond acceptors (Lipinski definition) is 5. The molecule has 0 radical (unpaired) electrons. The summed E-state index contributed by atoms with van der Waals surface area (Å²) in [5.74, 6) is 0.422. The molecule has 1 unspecified atom stereocenters. The summed E-state index contributed by atoms with van der Waals surface area (Å²) in [5, 5.41) is 10.2. The summed E-state index contributed by atoms with van der Waals surface area (Å²) in [6.07, 6.45) is 5.33. The quantitative estimate of drug-likeness (QED) is 0.842. The predicted octanol–water partition coefficient (Wildman–Crippen LogP) is 0.253. The SMILES string of the molecule is O=C(Nc1ccn(Cc2ccncc2)n1)C1COCCN1. The van der Waals surface area contributed by atoms with Crippen molar-refractivity contribution in [3.05, 3.63) is 42.4 Å². The van der Waals surface area contributed by atoms with Crippen LogP contribution in [-0.4, -0.2) is 46.5 Å². The van der Waals surface area contributed by atoms with E-state index in [2.05, 4.69) is 20.7 Å². The van der Waals surface area contributed by atoms with Gasteiger partial charge in [0.25, 0.3) is 0 Å². The molecule has 1 aliphatic rings. The Kier molecular flexibility index (Phi) is 4.23. The molecule has 1 saturated heterocycles. The maximum Gasteiger partial charge on any atom is 0.245 e. The summed E-state index contributed by atoms with van der Waals surface area (Å²) in [6, 6.07) is 5.33. The van der Waals surface area contributed by atoms with Gasteiger partial charge in [-0.2, -0.15) is 5.10 Å². The molecule has 21 heavy (non-hydrogen) atoms. The average Bonchev–Trinajstić information content (AvgIpc) is 2.96. The standard InChI is InChI=1S/C14H17N5O2/c20-14(12-10-21-8-6-16-12)17-13-3-7-19(18-13)9-11-1-4-15-5-2-11/h1-5,7,12,16H,6,8-10H2,(H,17,18,20). The second-order valence-electron chi connectivity index (χ2n) is 4.82. The Hall–Kier alpha value is -2.25. The van der Waals surface area contributed by atoms with Crippen molar-refractivity contribution in [2.24, 2.45) is 0 Å². The van der Waals surface area contributed by atoms with E-state index in [4.69, 9.17) is 4.74 Å². The first-order chi connectivity index (χ1) is 10.3. The van der Waals surface area contributed by atoms with Crippen molar-refractivity contribution < 1.29 is 9.53 Å². The highest BCUT2D eigenvalue weighted by molar-refractivity contribution is 5.94. The lowest BCUT2D eigenvalue weighted by atomic mass is 10.2. The van der Waals surface area contributed by atoms with Crippen molar-refractivity contribution in [2.45, 2.75) is 12.6 Å². The number of hydrogen-bond donors (Lipinski definition) is 2. The maximum atomic E-state index is 12.0. The first-order valence-electron chi connectivity index (χ1n) is 6.85. The lowest BCUT2D eigenvalue weighted by molar-refractivity contribution is -0.120. The van der Waals surface area contributed by atoms with Crippen LogP contribution in [0.25, 0.3) is 0 Å². The zero-order valence-electron chi connectivity index (χ0n) is 11.5. The molecule has 1 fully saturated rings. The number of anilines is 1. The Balaban J connectivity index is 1.58. The number of rotatable bonds is 4. The maximum absolute atomic E-state index is 12.0. The molecule has 0 saturated carbocycles. The van der Waals surface area contributed by atoms with E-state index in [0.29, 0.717) is 32.1 Å². The van der Waals surface area contributed by atoms with Crippen molar-refractivity contribution in [3.8, 4) is 0 Å². The van der Waals surface area contributed by atoms with Crippen LogP contribution in [0.5, 0.6) is 0 Å². The van der Waals surface area contributed by atoms with Crippen molar-refractivity contribution >= 4 is 11.7 Å². The van der Waals surface area contributed by atoms with Crippen LogP contribution in [0.1, 0.15) is 5.56 Å². The topological polar surface area (TPSA) is 81.1 Å². The van der Waals surface area contributed by atoms with E-state index in [-0.39, 0.29) is 11.9 Å². The third kappa shape index (κ3) is 3.65. The van der Waals surface area contributed by atoms with E-state index in [1.165, 1.54) is 0 Å². The molecule has 0 spiro atoms. The minimum atomic E-state index is -0.316. The first-order valence-corrected chi connectivity index (χ1v) is 6.85. The van der Waals surface area contributed by atoms with Crippen molar-refractivity contribution in [1.82, 2.24) is 20.1 Å². The number of pyridine rings is 1. The smallest absolute Gasteiger partial charge is 0.245 e. The van der Waals surface area contributed by atoms with Gasteiger partial charge in [0, 0.05) is 31.2 Å². The molecule has 3 rings (SSSR count). The zero-order chi connectivity index (χ0) is 14.5. The lowest BCUT2D eigenvalue weighted by Gasteiger charge is -2.22. The molecule has 1 amide bonds. The molecule has 110 valence electrons. The first kappa shape index (κ1) is 13.7. The van der Waals surface area contributed by atoms with Crippen LogP contribution in [0.3, 0.4) is 0 Å². The monoisotopic (exact) mass is 287 g/mol. The molecule has 0 bridgehead atoms. The number of morpholine rings is 1. The van der Waals surface area contributed by atoms with Gasteiger partial charge < -0.3 is 15.4 Å². The van der Waals surface area contributed by atoms with Crippen LogP contribution in [0.15, 0.2) is 36.8 Å². The molecule has 1 atom stereocenters. The highest BCUT2D eigenvalue weighted by Crippen LogP contribution is 2.07. The molecule has 0 aromatic carbocycles. The molecule has 2 aromatic rings. The normalized spacial score (nSPS) is 18.4. The highest BCUT2D eigenvalue weighted by Gasteiger charge is 2.21. The number of nitrogens with one attached hydrogen (secondary N) is 2. The minimum Gasteiger partial charge on any atom is -0.378 e. The van der Waals surface area contributed by atoms with Gasteiger partial charge in [0.15, 0.2) is 5.82 Å². The Morgan fingerprint density at radius 2 is 2.29 bits per heavy atom. The number of nitrogens with zero attached hydrogens (tertiary/aromatic N) is 3. The van der Waals surface area contributed by atoms with Gasteiger partial charge >= 0.3 is 0 Å². The summed E-state index contributed by atoms with van der Waals surface area (Å²) >= 11 is 0. The average molecular weight is 287 g/mol. The molecule has 0 aliphatic carbocycles. The zero-order valence-corrected chi connectivity index (χ0v) is 11.5. The highest BCUT2D eigenvalue weighted by atomic mass is 16.5. The van der Waals surface area contributed by atoms with Crippen molar-refractivity contribution in [3.63, 3.8) is 0 Å². The fourth-order valence-electron chi connectivity index (χ4n) is 2.14. The Morgan fingerprint density at radius 3 is 3.05 bits per heavy atom. The van der Waals surface area contributed by atoms with Gasteiger partial charge in [0.05, 0.1) is 19.8 Å². The summed E-state index contributed by atoms with van der Waals surface area (Å²) in [4.78, 5) is 16.0. The van der Waals surface area contributed by atoms with E-state index in [1.54, 1.807) is 23.1 Å². The Morgan fingerprint density at radius 1 is 1.43 bits per heavy atom. The number of carbonyl (C=O) groups excluding carboxylic acids is 1. The third-order valence-electron chi connectivity index (χ3n) is 3.22. The van der Waals surface area contributed by atoms with Gasteiger partial charge in [0.1, 0.15) is 6.04 Å². The minimum absolute atomic E-state index is 0.121. The summed E-state index contributed by atoms with van der Waals surface area (Å²) in [7, 11) is 0. The van der Waals surface area contributed by atoms with E-state index in [9.17, 15) is 4.79 Å². The summed E-state index contributed by atoms with van der Waals surface area (Å²) < 4.78 is 7.04. The molecule has 2 aromatic heterocycles. The van der Waals surface area contributed by atoms with Gasteiger partial charge in [-0.25, -0.2) is 0 Å².